The Labute approximate surface area is 143 Å². The first kappa shape index (κ1) is 19.1. The minimum atomic E-state index is -4.56. The van der Waals surface area contributed by atoms with Crippen LogP contribution in [-0.2, 0) is 11.2 Å². The van der Waals surface area contributed by atoms with Gasteiger partial charge in [-0.3, -0.25) is 4.79 Å². The average Bonchev–Trinajstić information content (AvgIpc) is 2.58. The number of benzene rings is 1. The molecule has 2 rings (SSSR count). The number of amides is 2. The third-order valence-electron chi connectivity index (χ3n) is 4.32. The number of carbonyl (C=O) groups excluding carboxylic acids is 1. The predicted molar refractivity (Wildman–Crippen MR) is 85.1 cm³/mol. The zero-order valence-electron chi connectivity index (χ0n) is 13.6. The lowest BCUT2D eigenvalue weighted by Gasteiger charge is -2.32. The van der Waals surface area contributed by atoms with E-state index in [1.54, 1.807) is 30.3 Å². The molecule has 138 valence electrons. The number of aliphatic carboxylic acids is 1. The minimum Gasteiger partial charge on any atom is -0.481 e. The normalized spacial score (nSPS) is 19.3. The monoisotopic (exact) mass is 358 g/mol. The molecule has 25 heavy (non-hydrogen) atoms. The lowest BCUT2D eigenvalue weighted by atomic mass is 9.98. The van der Waals surface area contributed by atoms with Crippen molar-refractivity contribution in [3.05, 3.63) is 35.9 Å². The third-order valence-corrected chi connectivity index (χ3v) is 4.32. The number of carbonyl (C=O) groups is 2. The molecule has 1 aliphatic heterocycles. The Morgan fingerprint density at radius 1 is 1.28 bits per heavy atom. The smallest absolute Gasteiger partial charge is 0.408 e. The first-order valence-electron chi connectivity index (χ1n) is 8.16. The molecule has 1 aromatic carbocycles. The van der Waals surface area contributed by atoms with E-state index in [4.69, 9.17) is 5.11 Å². The minimum absolute atomic E-state index is 0.0651. The van der Waals surface area contributed by atoms with Gasteiger partial charge in [-0.25, -0.2) is 4.79 Å². The molecule has 0 bridgehead atoms. The second-order valence-corrected chi connectivity index (χ2v) is 6.19. The van der Waals surface area contributed by atoms with Crippen LogP contribution < -0.4 is 5.32 Å². The summed E-state index contributed by atoms with van der Waals surface area (Å²) < 4.78 is 39.7. The van der Waals surface area contributed by atoms with E-state index in [9.17, 15) is 22.8 Å². The molecule has 1 aromatic rings. The number of halogens is 3. The number of nitrogens with zero attached hydrogens (tertiary/aromatic N) is 1. The number of nitrogens with one attached hydrogen (secondary N) is 1. The molecule has 0 saturated carbocycles. The van der Waals surface area contributed by atoms with Crippen LogP contribution in [0.3, 0.4) is 0 Å². The van der Waals surface area contributed by atoms with Crippen LogP contribution in [0.4, 0.5) is 18.0 Å². The van der Waals surface area contributed by atoms with Crippen molar-refractivity contribution in [1.29, 1.82) is 0 Å². The van der Waals surface area contributed by atoms with Crippen LogP contribution in [0.15, 0.2) is 30.3 Å². The first-order valence-corrected chi connectivity index (χ1v) is 8.16. The maximum Gasteiger partial charge on any atom is 0.408 e. The molecule has 8 heteroatoms. The van der Waals surface area contributed by atoms with Crippen molar-refractivity contribution in [3.8, 4) is 0 Å². The van der Waals surface area contributed by atoms with E-state index in [1.165, 1.54) is 0 Å². The van der Waals surface area contributed by atoms with Crippen molar-refractivity contribution >= 4 is 12.0 Å². The zero-order valence-corrected chi connectivity index (χ0v) is 13.6. The molecule has 2 amide bonds. The lowest BCUT2D eigenvalue weighted by molar-refractivity contribution is -0.155. The van der Waals surface area contributed by atoms with E-state index in [-0.39, 0.29) is 25.9 Å². The van der Waals surface area contributed by atoms with Crippen LogP contribution in [0.1, 0.15) is 24.8 Å². The molecular weight excluding hydrogens is 337 g/mol. The van der Waals surface area contributed by atoms with E-state index in [0.717, 1.165) is 10.5 Å². The highest BCUT2D eigenvalue weighted by Gasteiger charge is 2.41. The highest BCUT2D eigenvalue weighted by molar-refractivity contribution is 5.76. The molecule has 1 aliphatic rings. The van der Waals surface area contributed by atoms with Gasteiger partial charge in [0.15, 0.2) is 0 Å². The number of rotatable bonds is 5. The quantitative estimate of drug-likeness (QED) is 0.850. The van der Waals surface area contributed by atoms with Crippen molar-refractivity contribution < 1.29 is 27.9 Å². The third kappa shape index (κ3) is 5.65. The molecule has 1 saturated heterocycles. The number of alkyl halides is 3. The SMILES string of the molecule is O=C(O)C1CCCN(C(=O)NC(CCc2ccccc2)C(F)(F)F)C1. The van der Waals surface area contributed by atoms with Crippen LogP contribution in [0.5, 0.6) is 0 Å². The summed E-state index contributed by atoms with van der Waals surface area (Å²) in [6.45, 7) is 0.198. The average molecular weight is 358 g/mol. The number of carboxylic acids is 1. The zero-order chi connectivity index (χ0) is 18.4. The van der Waals surface area contributed by atoms with E-state index in [1.807, 2.05) is 5.32 Å². The summed E-state index contributed by atoms with van der Waals surface area (Å²) in [7, 11) is 0. The van der Waals surface area contributed by atoms with Crippen LogP contribution >= 0.6 is 0 Å². The van der Waals surface area contributed by atoms with Gasteiger partial charge in [0.25, 0.3) is 0 Å². The number of urea groups is 1. The van der Waals surface area contributed by atoms with Gasteiger partial charge in [-0.05, 0) is 31.2 Å². The maximum atomic E-state index is 13.2. The Hall–Kier alpha value is -2.25. The summed E-state index contributed by atoms with van der Waals surface area (Å²) in [6, 6.07) is 5.91. The summed E-state index contributed by atoms with van der Waals surface area (Å²) in [6.07, 6.45) is -3.76. The van der Waals surface area contributed by atoms with Gasteiger partial charge < -0.3 is 15.3 Å². The van der Waals surface area contributed by atoms with Crippen molar-refractivity contribution in [3.63, 3.8) is 0 Å². The molecule has 0 spiro atoms. The topological polar surface area (TPSA) is 69.6 Å². The fourth-order valence-electron chi connectivity index (χ4n) is 2.88. The van der Waals surface area contributed by atoms with E-state index >= 15 is 0 Å². The van der Waals surface area contributed by atoms with Gasteiger partial charge in [0.05, 0.1) is 5.92 Å². The lowest BCUT2D eigenvalue weighted by Crippen LogP contribution is -2.53. The van der Waals surface area contributed by atoms with Gasteiger partial charge in [0.2, 0.25) is 0 Å². The number of piperidine rings is 1. The van der Waals surface area contributed by atoms with E-state index in [0.29, 0.717) is 12.8 Å². The highest BCUT2D eigenvalue weighted by atomic mass is 19.4. The van der Waals surface area contributed by atoms with Crippen LogP contribution in [0.2, 0.25) is 0 Å². The number of hydrogen-bond donors (Lipinski definition) is 2. The van der Waals surface area contributed by atoms with Crippen LogP contribution in [-0.4, -0.2) is 47.3 Å². The van der Waals surface area contributed by atoms with Crippen molar-refractivity contribution in [2.24, 2.45) is 5.92 Å². The maximum absolute atomic E-state index is 13.2. The molecule has 2 atom stereocenters. The molecule has 0 aliphatic carbocycles. The first-order chi connectivity index (χ1) is 11.8. The van der Waals surface area contributed by atoms with Gasteiger partial charge >= 0.3 is 18.2 Å². The highest BCUT2D eigenvalue weighted by Crippen LogP contribution is 2.25. The van der Waals surface area contributed by atoms with Crippen molar-refractivity contribution in [2.75, 3.05) is 13.1 Å². The van der Waals surface area contributed by atoms with Crippen molar-refractivity contribution in [2.45, 2.75) is 37.9 Å². The Kier molecular flexibility index (Phi) is 6.27. The van der Waals surface area contributed by atoms with Crippen molar-refractivity contribution in [1.82, 2.24) is 10.2 Å². The van der Waals surface area contributed by atoms with Gasteiger partial charge in [-0.15, -0.1) is 0 Å². The summed E-state index contributed by atoms with van der Waals surface area (Å²) in [5.74, 6) is -1.76. The Balaban J connectivity index is 1.96. The van der Waals surface area contributed by atoms with Gasteiger partial charge in [0.1, 0.15) is 6.04 Å². The van der Waals surface area contributed by atoms with Crippen LogP contribution in [0, 0.1) is 5.92 Å². The summed E-state index contributed by atoms with van der Waals surface area (Å²) in [5.41, 5.74) is 0.759. The molecular formula is C17H21F3N2O3. The molecule has 2 N–H and O–H groups in total. The second kappa shape index (κ2) is 8.22. The Morgan fingerprint density at radius 3 is 2.56 bits per heavy atom. The summed E-state index contributed by atoms with van der Waals surface area (Å²) in [4.78, 5) is 24.3. The number of hydrogen-bond acceptors (Lipinski definition) is 2. The standard InChI is InChI=1S/C17H21F3N2O3/c18-17(19,20)14(9-8-12-5-2-1-3-6-12)21-16(25)22-10-4-7-13(11-22)15(23)24/h1-3,5-6,13-14H,4,7-11H2,(H,21,25)(H,23,24). The second-order valence-electron chi connectivity index (χ2n) is 6.19. The Bertz CT molecular complexity index is 593. The Morgan fingerprint density at radius 2 is 1.96 bits per heavy atom. The molecule has 1 fully saturated rings. The fourth-order valence-corrected chi connectivity index (χ4v) is 2.88. The summed E-state index contributed by atoms with van der Waals surface area (Å²) >= 11 is 0. The molecule has 0 radical (unpaired) electrons. The van der Waals surface area contributed by atoms with Gasteiger partial charge in [0, 0.05) is 13.1 Å². The van der Waals surface area contributed by atoms with Crippen LogP contribution in [0.25, 0.3) is 0 Å². The van der Waals surface area contributed by atoms with Gasteiger partial charge in [-0.1, -0.05) is 30.3 Å². The van der Waals surface area contributed by atoms with E-state index in [2.05, 4.69) is 0 Å². The predicted octanol–water partition coefficient (Wildman–Crippen LogP) is 3.06. The largest absolute Gasteiger partial charge is 0.481 e. The molecule has 1 heterocycles. The molecule has 0 aromatic heterocycles. The van der Waals surface area contributed by atoms with Gasteiger partial charge in [-0.2, -0.15) is 13.2 Å². The summed E-state index contributed by atoms with van der Waals surface area (Å²) in [5, 5.41) is 11.0. The number of aryl methyl sites for hydroxylation is 1. The van der Waals surface area contributed by atoms with E-state index < -0.39 is 30.1 Å². The fraction of sp³-hybridized carbons (Fsp3) is 0.529. The molecule has 2 unspecified atom stereocenters. The number of likely N-dealkylation sites (tertiary alicyclic amines) is 1. The number of carboxylic acid groups (broad SMARTS) is 1. The molecule has 5 nitrogen and oxygen atoms in total.